The Morgan fingerprint density at radius 3 is 2.56 bits per heavy atom. The van der Waals surface area contributed by atoms with Crippen LogP contribution < -0.4 is 11.3 Å². The fourth-order valence-corrected chi connectivity index (χ4v) is 1.07. The van der Waals surface area contributed by atoms with Crippen LogP contribution in [-0.2, 0) is 0 Å². The number of hydrogen-bond acceptors (Lipinski definition) is 3. The van der Waals surface area contributed by atoms with Gasteiger partial charge in [-0.15, -0.1) is 12.4 Å². The second-order valence-electron chi connectivity index (χ2n) is 2.41. The minimum atomic E-state index is 0. The fourth-order valence-electron chi connectivity index (χ4n) is 1.07. The summed E-state index contributed by atoms with van der Waals surface area (Å²) >= 11 is 0. The molecule has 4 heteroatoms. The van der Waals surface area contributed by atoms with Crippen molar-refractivity contribution in [3.8, 4) is 0 Å². The van der Waals surface area contributed by atoms with Gasteiger partial charge < -0.3 is 4.90 Å². The first-order valence-electron chi connectivity index (χ1n) is 2.97. The highest BCUT2D eigenvalue weighted by Gasteiger charge is 2.16. The smallest absolute Gasteiger partial charge is 0.0349 e. The molecule has 3 N–H and O–H groups in total. The predicted molar refractivity (Wildman–Crippen MR) is 40.5 cm³/mol. The molecule has 0 radical (unpaired) electrons. The van der Waals surface area contributed by atoms with Crippen molar-refractivity contribution in [2.24, 2.45) is 5.84 Å². The molecule has 1 atom stereocenters. The minimum Gasteiger partial charge on any atom is -0.305 e. The van der Waals surface area contributed by atoms with Crippen molar-refractivity contribution >= 4 is 12.4 Å². The van der Waals surface area contributed by atoms with Gasteiger partial charge in [-0.25, -0.2) is 0 Å². The van der Waals surface area contributed by atoms with Crippen LogP contribution in [0.4, 0.5) is 0 Å². The van der Waals surface area contributed by atoms with Gasteiger partial charge in [0.05, 0.1) is 0 Å². The molecular weight excluding hydrogens is 138 g/mol. The number of hydrogen-bond donors (Lipinski definition) is 2. The summed E-state index contributed by atoms with van der Waals surface area (Å²) in [6.45, 7) is 2.27. The second kappa shape index (κ2) is 4.06. The molecule has 1 aliphatic rings. The fraction of sp³-hybridized carbons (Fsp3) is 1.00. The van der Waals surface area contributed by atoms with E-state index in [2.05, 4.69) is 17.4 Å². The lowest BCUT2D eigenvalue weighted by Gasteiger charge is -2.07. The molecule has 0 saturated carbocycles. The standard InChI is InChI=1S/C5H13N3.ClH/c1-8-3-2-5(4-8)7-6;/h5,7H,2-4,6H2,1H3;1H. The SMILES string of the molecule is CN1CCC(NN)C1.Cl. The van der Waals surface area contributed by atoms with E-state index in [1.54, 1.807) is 0 Å². The summed E-state index contributed by atoms with van der Waals surface area (Å²) in [5.41, 5.74) is 2.75. The topological polar surface area (TPSA) is 41.3 Å². The van der Waals surface area contributed by atoms with Gasteiger partial charge in [-0.3, -0.25) is 11.3 Å². The zero-order chi connectivity index (χ0) is 5.98. The van der Waals surface area contributed by atoms with Gasteiger partial charge in [0.25, 0.3) is 0 Å². The van der Waals surface area contributed by atoms with Gasteiger partial charge in [0, 0.05) is 12.6 Å². The highest BCUT2D eigenvalue weighted by Crippen LogP contribution is 2.03. The molecule has 1 unspecified atom stereocenters. The lowest BCUT2D eigenvalue weighted by Crippen LogP contribution is -2.36. The Morgan fingerprint density at radius 2 is 2.33 bits per heavy atom. The maximum atomic E-state index is 5.22. The van der Waals surface area contributed by atoms with Gasteiger partial charge in [-0.2, -0.15) is 0 Å². The Kier molecular flexibility index (Phi) is 4.14. The van der Waals surface area contributed by atoms with Crippen LogP contribution in [0.5, 0.6) is 0 Å². The normalized spacial score (nSPS) is 28.0. The van der Waals surface area contributed by atoms with Crippen LogP contribution >= 0.6 is 12.4 Å². The van der Waals surface area contributed by atoms with E-state index in [9.17, 15) is 0 Å². The molecule has 0 aromatic rings. The van der Waals surface area contributed by atoms with Crippen molar-refractivity contribution < 1.29 is 0 Å². The number of rotatable bonds is 1. The number of likely N-dealkylation sites (N-methyl/N-ethyl adjacent to an activating group) is 1. The van der Waals surface area contributed by atoms with E-state index in [0.29, 0.717) is 6.04 Å². The van der Waals surface area contributed by atoms with E-state index >= 15 is 0 Å². The Balaban J connectivity index is 0.000000640. The molecule has 0 aromatic carbocycles. The summed E-state index contributed by atoms with van der Waals surface area (Å²) in [5, 5.41) is 0. The molecule has 0 aliphatic carbocycles. The van der Waals surface area contributed by atoms with Crippen LogP contribution in [0.25, 0.3) is 0 Å². The van der Waals surface area contributed by atoms with Crippen molar-refractivity contribution in [3.63, 3.8) is 0 Å². The highest BCUT2D eigenvalue weighted by molar-refractivity contribution is 5.85. The van der Waals surface area contributed by atoms with Crippen LogP contribution in [0.1, 0.15) is 6.42 Å². The zero-order valence-electron chi connectivity index (χ0n) is 5.63. The monoisotopic (exact) mass is 151 g/mol. The Labute approximate surface area is 62.0 Å². The largest absolute Gasteiger partial charge is 0.305 e. The van der Waals surface area contributed by atoms with Crippen molar-refractivity contribution in [1.82, 2.24) is 10.3 Å². The van der Waals surface area contributed by atoms with Crippen LogP contribution in [0.2, 0.25) is 0 Å². The highest BCUT2D eigenvalue weighted by atomic mass is 35.5. The summed E-state index contributed by atoms with van der Waals surface area (Å²) in [4.78, 5) is 2.27. The summed E-state index contributed by atoms with van der Waals surface area (Å²) in [5.74, 6) is 5.22. The second-order valence-corrected chi connectivity index (χ2v) is 2.41. The van der Waals surface area contributed by atoms with E-state index in [4.69, 9.17) is 5.84 Å². The molecule has 3 nitrogen and oxygen atoms in total. The molecule has 1 rings (SSSR count). The van der Waals surface area contributed by atoms with Gasteiger partial charge in [0.15, 0.2) is 0 Å². The lowest BCUT2D eigenvalue weighted by molar-refractivity contribution is 0.400. The maximum Gasteiger partial charge on any atom is 0.0349 e. The number of hydrazine groups is 1. The number of nitrogens with one attached hydrogen (secondary N) is 1. The van der Waals surface area contributed by atoms with Gasteiger partial charge in [-0.1, -0.05) is 0 Å². The van der Waals surface area contributed by atoms with Crippen molar-refractivity contribution in [3.05, 3.63) is 0 Å². The minimum absolute atomic E-state index is 0. The summed E-state index contributed by atoms with van der Waals surface area (Å²) < 4.78 is 0. The third kappa shape index (κ3) is 2.49. The van der Waals surface area contributed by atoms with E-state index in [1.807, 2.05) is 0 Å². The number of halogens is 1. The number of nitrogens with two attached hydrogens (primary N) is 1. The lowest BCUT2D eigenvalue weighted by atomic mass is 10.3. The maximum absolute atomic E-state index is 5.22. The average molecular weight is 152 g/mol. The number of likely N-dealkylation sites (tertiary alicyclic amines) is 1. The van der Waals surface area contributed by atoms with Gasteiger partial charge in [0.1, 0.15) is 0 Å². The van der Waals surface area contributed by atoms with Gasteiger partial charge in [0.2, 0.25) is 0 Å². The molecule has 56 valence electrons. The van der Waals surface area contributed by atoms with Gasteiger partial charge >= 0.3 is 0 Å². The first-order valence-corrected chi connectivity index (χ1v) is 2.97. The Bertz CT molecular complexity index is 78.6. The third-order valence-corrected chi connectivity index (χ3v) is 1.63. The first kappa shape index (κ1) is 9.17. The van der Waals surface area contributed by atoms with E-state index in [-0.39, 0.29) is 12.4 Å². The summed E-state index contributed by atoms with van der Waals surface area (Å²) in [6, 6.07) is 0.528. The zero-order valence-corrected chi connectivity index (χ0v) is 6.45. The van der Waals surface area contributed by atoms with E-state index in [0.717, 1.165) is 6.54 Å². The van der Waals surface area contributed by atoms with E-state index in [1.165, 1.54) is 13.0 Å². The molecule has 1 heterocycles. The quantitative estimate of drug-likeness (QED) is 0.395. The third-order valence-electron chi connectivity index (χ3n) is 1.63. The molecule has 0 aromatic heterocycles. The van der Waals surface area contributed by atoms with E-state index < -0.39 is 0 Å². The van der Waals surface area contributed by atoms with Gasteiger partial charge in [-0.05, 0) is 20.0 Å². The molecule has 1 aliphatic heterocycles. The molecule has 1 saturated heterocycles. The van der Waals surface area contributed by atoms with Crippen LogP contribution in [-0.4, -0.2) is 31.1 Å². The van der Waals surface area contributed by atoms with Crippen molar-refractivity contribution in [2.75, 3.05) is 20.1 Å². The number of nitrogens with zero attached hydrogens (tertiary/aromatic N) is 1. The molecular formula is C5H14ClN3. The Hall–Kier alpha value is 0.170. The average Bonchev–Trinajstić information content (AvgIpc) is 2.14. The van der Waals surface area contributed by atoms with Crippen LogP contribution in [0.3, 0.4) is 0 Å². The van der Waals surface area contributed by atoms with Crippen LogP contribution in [0, 0.1) is 0 Å². The molecule has 1 fully saturated rings. The van der Waals surface area contributed by atoms with Crippen molar-refractivity contribution in [2.45, 2.75) is 12.5 Å². The summed E-state index contributed by atoms with van der Waals surface area (Å²) in [7, 11) is 2.11. The molecule has 9 heavy (non-hydrogen) atoms. The molecule has 0 spiro atoms. The first-order chi connectivity index (χ1) is 3.83. The molecule has 0 amide bonds. The Morgan fingerprint density at radius 1 is 1.67 bits per heavy atom. The molecule has 0 bridgehead atoms. The van der Waals surface area contributed by atoms with Crippen molar-refractivity contribution in [1.29, 1.82) is 0 Å². The predicted octanol–water partition coefficient (Wildman–Crippen LogP) is -0.424. The van der Waals surface area contributed by atoms with Crippen LogP contribution in [0.15, 0.2) is 0 Å². The summed E-state index contributed by atoms with van der Waals surface area (Å²) in [6.07, 6.45) is 1.19.